The minimum atomic E-state index is 0.649. The Kier molecular flexibility index (Phi) is 2.41. The highest BCUT2D eigenvalue weighted by Crippen LogP contribution is 2.34. The molecule has 3 rings (SSSR count). The van der Waals surface area contributed by atoms with Gasteiger partial charge in [-0.15, -0.1) is 0 Å². The second-order valence-electron chi connectivity index (χ2n) is 4.28. The topological polar surface area (TPSA) is 28.2 Å². The fourth-order valence-electron chi connectivity index (χ4n) is 2.70. The molecular formula is C11H14BrN3. The molecule has 0 bridgehead atoms. The van der Waals surface area contributed by atoms with E-state index in [1.807, 2.05) is 12.3 Å². The molecule has 80 valence electrons. The highest BCUT2D eigenvalue weighted by molar-refractivity contribution is 9.10. The Hall–Kier alpha value is -0.610. The van der Waals surface area contributed by atoms with Crippen molar-refractivity contribution < 1.29 is 0 Å². The van der Waals surface area contributed by atoms with Gasteiger partial charge in [0, 0.05) is 31.9 Å². The molecule has 0 aliphatic carbocycles. The molecule has 0 saturated carbocycles. The molecule has 3 heterocycles. The van der Waals surface area contributed by atoms with Crippen LogP contribution in [0.1, 0.15) is 6.42 Å². The van der Waals surface area contributed by atoms with Crippen LogP contribution >= 0.6 is 15.9 Å². The maximum Gasteiger partial charge on any atom is 0.143 e. The van der Waals surface area contributed by atoms with E-state index in [4.69, 9.17) is 0 Å². The van der Waals surface area contributed by atoms with Crippen LogP contribution in [0.5, 0.6) is 0 Å². The standard InChI is InChI=1S/C11H14BrN3/c12-9-2-1-4-14-11(9)15-5-3-8-6-13-7-10(8)15/h1-2,4,8,10,13H,3,5-7H2/t8-,10+/m0/s1. The summed E-state index contributed by atoms with van der Waals surface area (Å²) in [5, 5.41) is 3.46. The maximum atomic E-state index is 4.47. The molecule has 0 aromatic carbocycles. The molecular weight excluding hydrogens is 254 g/mol. The molecule has 15 heavy (non-hydrogen) atoms. The van der Waals surface area contributed by atoms with Crippen molar-refractivity contribution >= 4 is 21.7 Å². The molecule has 1 N–H and O–H groups in total. The number of hydrogen-bond acceptors (Lipinski definition) is 3. The number of halogens is 1. The molecule has 2 atom stereocenters. The van der Waals surface area contributed by atoms with Gasteiger partial charge >= 0.3 is 0 Å². The van der Waals surface area contributed by atoms with Gasteiger partial charge in [-0.2, -0.15) is 0 Å². The van der Waals surface area contributed by atoms with E-state index in [0.717, 1.165) is 29.3 Å². The third kappa shape index (κ3) is 1.56. The van der Waals surface area contributed by atoms with Crippen molar-refractivity contribution in [2.24, 2.45) is 5.92 Å². The minimum Gasteiger partial charge on any atom is -0.351 e. The Labute approximate surface area is 98.0 Å². The fourth-order valence-corrected chi connectivity index (χ4v) is 3.18. The summed E-state index contributed by atoms with van der Waals surface area (Å²) in [4.78, 5) is 6.91. The van der Waals surface area contributed by atoms with E-state index in [1.54, 1.807) is 0 Å². The van der Waals surface area contributed by atoms with E-state index in [-0.39, 0.29) is 0 Å². The summed E-state index contributed by atoms with van der Waals surface area (Å²) in [7, 11) is 0. The van der Waals surface area contributed by atoms with Crippen LogP contribution in [0.15, 0.2) is 22.8 Å². The molecule has 2 aliphatic rings. The van der Waals surface area contributed by atoms with Gasteiger partial charge in [-0.1, -0.05) is 0 Å². The number of pyridine rings is 1. The average molecular weight is 268 g/mol. The van der Waals surface area contributed by atoms with Crippen molar-refractivity contribution in [1.82, 2.24) is 10.3 Å². The van der Waals surface area contributed by atoms with E-state index in [2.05, 4.69) is 37.2 Å². The molecule has 0 unspecified atom stereocenters. The number of nitrogens with one attached hydrogen (secondary N) is 1. The van der Waals surface area contributed by atoms with Crippen LogP contribution in [-0.4, -0.2) is 30.7 Å². The zero-order chi connectivity index (χ0) is 10.3. The average Bonchev–Trinajstić information content (AvgIpc) is 2.80. The molecule has 0 radical (unpaired) electrons. The Morgan fingerprint density at radius 1 is 1.47 bits per heavy atom. The largest absolute Gasteiger partial charge is 0.351 e. The minimum absolute atomic E-state index is 0.649. The van der Waals surface area contributed by atoms with Crippen LogP contribution in [0.25, 0.3) is 0 Å². The lowest BCUT2D eigenvalue weighted by molar-refractivity contribution is 0.577. The number of rotatable bonds is 1. The predicted octanol–water partition coefficient (Wildman–Crippen LogP) is 1.64. The van der Waals surface area contributed by atoms with Gasteiger partial charge in [-0.05, 0) is 40.4 Å². The molecule has 4 heteroatoms. The van der Waals surface area contributed by atoms with Gasteiger partial charge in [-0.3, -0.25) is 0 Å². The Morgan fingerprint density at radius 3 is 3.27 bits per heavy atom. The summed E-state index contributed by atoms with van der Waals surface area (Å²) in [6.07, 6.45) is 3.16. The van der Waals surface area contributed by atoms with E-state index in [1.165, 1.54) is 13.0 Å². The second-order valence-corrected chi connectivity index (χ2v) is 5.13. The zero-order valence-corrected chi connectivity index (χ0v) is 10.1. The van der Waals surface area contributed by atoms with Crippen LogP contribution in [0.4, 0.5) is 5.82 Å². The van der Waals surface area contributed by atoms with Crippen molar-refractivity contribution in [1.29, 1.82) is 0 Å². The van der Waals surface area contributed by atoms with Gasteiger partial charge in [0.05, 0.1) is 4.47 Å². The molecule has 2 saturated heterocycles. The Bertz CT molecular complexity index is 369. The van der Waals surface area contributed by atoms with Crippen molar-refractivity contribution in [2.45, 2.75) is 12.5 Å². The molecule has 2 aliphatic heterocycles. The third-order valence-electron chi connectivity index (χ3n) is 3.46. The number of nitrogens with zero attached hydrogens (tertiary/aromatic N) is 2. The summed E-state index contributed by atoms with van der Waals surface area (Å²) >= 11 is 3.58. The van der Waals surface area contributed by atoms with E-state index in [9.17, 15) is 0 Å². The van der Waals surface area contributed by atoms with E-state index in [0.29, 0.717) is 6.04 Å². The van der Waals surface area contributed by atoms with Crippen molar-refractivity contribution in [3.05, 3.63) is 22.8 Å². The lowest BCUT2D eigenvalue weighted by atomic mass is 10.1. The van der Waals surface area contributed by atoms with Gasteiger partial charge in [-0.25, -0.2) is 4.98 Å². The lowest BCUT2D eigenvalue weighted by Crippen LogP contribution is -2.34. The number of aromatic nitrogens is 1. The van der Waals surface area contributed by atoms with Crippen LogP contribution in [0.2, 0.25) is 0 Å². The predicted molar refractivity (Wildman–Crippen MR) is 64.0 cm³/mol. The monoisotopic (exact) mass is 267 g/mol. The molecule has 0 spiro atoms. The summed E-state index contributed by atoms with van der Waals surface area (Å²) in [6.45, 7) is 3.42. The van der Waals surface area contributed by atoms with Crippen molar-refractivity contribution in [3.63, 3.8) is 0 Å². The van der Waals surface area contributed by atoms with E-state index < -0.39 is 0 Å². The van der Waals surface area contributed by atoms with Gasteiger partial charge in [0.1, 0.15) is 5.82 Å². The molecule has 0 amide bonds. The Morgan fingerprint density at radius 2 is 2.40 bits per heavy atom. The van der Waals surface area contributed by atoms with Crippen LogP contribution in [0.3, 0.4) is 0 Å². The Balaban J connectivity index is 1.91. The summed E-state index contributed by atoms with van der Waals surface area (Å²) in [5.41, 5.74) is 0. The van der Waals surface area contributed by atoms with Crippen molar-refractivity contribution in [2.75, 3.05) is 24.5 Å². The number of hydrogen-bond donors (Lipinski definition) is 1. The first-order valence-electron chi connectivity index (χ1n) is 5.44. The lowest BCUT2D eigenvalue weighted by Gasteiger charge is -2.25. The fraction of sp³-hybridized carbons (Fsp3) is 0.545. The molecule has 3 nitrogen and oxygen atoms in total. The normalized spacial score (nSPS) is 29.5. The summed E-state index contributed by atoms with van der Waals surface area (Å²) < 4.78 is 1.11. The summed E-state index contributed by atoms with van der Waals surface area (Å²) in [5.74, 6) is 1.92. The smallest absolute Gasteiger partial charge is 0.143 e. The highest BCUT2D eigenvalue weighted by Gasteiger charge is 2.38. The number of anilines is 1. The van der Waals surface area contributed by atoms with Crippen LogP contribution in [0, 0.1) is 5.92 Å². The summed E-state index contributed by atoms with van der Waals surface area (Å²) in [6, 6.07) is 4.68. The highest BCUT2D eigenvalue weighted by atomic mass is 79.9. The van der Waals surface area contributed by atoms with Gasteiger partial charge in [0.2, 0.25) is 0 Å². The second kappa shape index (κ2) is 3.76. The quantitative estimate of drug-likeness (QED) is 0.839. The zero-order valence-electron chi connectivity index (χ0n) is 8.49. The van der Waals surface area contributed by atoms with E-state index >= 15 is 0 Å². The molecule has 1 aromatic rings. The number of fused-ring (bicyclic) bond motifs is 1. The molecule has 2 fully saturated rings. The van der Waals surface area contributed by atoms with Crippen LogP contribution in [-0.2, 0) is 0 Å². The van der Waals surface area contributed by atoms with Gasteiger partial charge in [0.15, 0.2) is 0 Å². The first kappa shape index (κ1) is 9.60. The first-order valence-corrected chi connectivity index (χ1v) is 6.23. The van der Waals surface area contributed by atoms with Crippen molar-refractivity contribution in [3.8, 4) is 0 Å². The maximum absolute atomic E-state index is 4.47. The SMILES string of the molecule is Brc1cccnc1N1CC[C@H]2CNC[C@H]21. The van der Waals surface area contributed by atoms with Gasteiger partial charge < -0.3 is 10.2 Å². The molecule has 1 aromatic heterocycles. The third-order valence-corrected chi connectivity index (χ3v) is 4.08. The first-order chi connectivity index (χ1) is 7.36. The van der Waals surface area contributed by atoms with Crippen LogP contribution < -0.4 is 10.2 Å². The van der Waals surface area contributed by atoms with Gasteiger partial charge in [0.25, 0.3) is 0 Å².